The summed E-state index contributed by atoms with van der Waals surface area (Å²) in [7, 11) is 0. The van der Waals surface area contributed by atoms with Crippen molar-refractivity contribution in [3.05, 3.63) is 0 Å². The molecule has 0 saturated heterocycles. The third-order valence-corrected chi connectivity index (χ3v) is 2.13. The van der Waals surface area contributed by atoms with Gasteiger partial charge in [-0.1, -0.05) is 6.92 Å². The van der Waals surface area contributed by atoms with Gasteiger partial charge in [0.25, 0.3) is 0 Å². The summed E-state index contributed by atoms with van der Waals surface area (Å²) in [6.45, 7) is 10.2. The van der Waals surface area contributed by atoms with Crippen molar-refractivity contribution in [3.8, 4) is 0 Å². The number of likely N-dealkylation sites (N-methyl/N-ethyl adjacent to an activating group) is 1. The Morgan fingerprint density at radius 1 is 1.18 bits per heavy atom. The third kappa shape index (κ3) is 8.12. The fraction of sp³-hybridized carbons (Fsp3) is 0.917. The highest BCUT2D eigenvalue weighted by Crippen LogP contribution is 1.97. The molecule has 0 rings (SSSR count). The molecule has 0 aliphatic heterocycles. The van der Waals surface area contributed by atoms with Crippen molar-refractivity contribution in [2.75, 3.05) is 33.0 Å². The molecule has 0 heterocycles. The van der Waals surface area contributed by atoms with Gasteiger partial charge in [0.2, 0.25) is 0 Å². The van der Waals surface area contributed by atoms with Crippen LogP contribution in [0, 0.1) is 0 Å². The number of rotatable bonds is 10. The van der Waals surface area contributed by atoms with Crippen molar-refractivity contribution in [3.63, 3.8) is 0 Å². The van der Waals surface area contributed by atoms with Crippen LogP contribution in [0.15, 0.2) is 0 Å². The summed E-state index contributed by atoms with van der Waals surface area (Å²) in [6, 6.07) is -0.399. The van der Waals surface area contributed by atoms with Crippen LogP contribution in [0.5, 0.6) is 0 Å². The second-order valence-corrected chi connectivity index (χ2v) is 3.67. The maximum Gasteiger partial charge on any atom is 0.325 e. The molecule has 0 bridgehead atoms. The minimum Gasteiger partial charge on any atom is -0.465 e. The van der Waals surface area contributed by atoms with Crippen molar-refractivity contribution in [1.82, 2.24) is 5.32 Å². The molecule has 0 aromatic rings. The predicted octanol–water partition coefficient (Wildman–Crippen LogP) is 0.969. The van der Waals surface area contributed by atoms with Crippen molar-refractivity contribution < 1.29 is 19.0 Å². The molecule has 0 radical (unpaired) electrons. The van der Waals surface area contributed by atoms with E-state index in [4.69, 9.17) is 14.2 Å². The van der Waals surface area contributed by atoms with Gasteiger partial charge in [-0.3, -0.25) is 4.79 Å². The standard InChI is InChI=1S/C12H25NO4/c1-5-13-11(12(14)16-7-3)9-17-10(4)8-15-6-2/h10-11,13H,5-9H2,1-4H3. The van der Waals surface area contributed by atoms with E-state index in [0.717, 1.165) is 0 Å². The largest absolute Gasteiger partial charge is 0.465 e. The van der Waals surface area contributed by atoms with Gasteiger partial charge in [0, 0.05) is 6.61 Å². The van der Waals surface area contributed by atoms with Crippen LogP contribution in [-0.2, 0) is 19.0 Å². The molecule has 2 unspecified atom stereocenters. The third-order valence-electron chi connectivity index (χ3n) is 2.13. The van der Waals surface area contributed by atoms with Gasteiger partial charge in [-0.05, 0) is 27.3 Å². The molecule has 1 N–H and O–H groups in total. The van der Waals surface area contributed by atoms with Crippen LogP contribution in [0.3, 0.4) is 0 Å². The van der Waals surface area contributed by atoms with Crippen LogP contribution in [0.1, 0.15) is 27.7 Å². The van der Waals surface area contributed by atoms with E-state index < -0.39 is 6.04 Å². The van der Waals surface area contributed by atoms with E-state index in [0.29, 0.717) is 33.0 Å². The minimum absolute atomic E-state index is 0.0227. The van der Waals surface area contributed by atoms with Crippen molar-refractivity contribution in [2.45, 2.75) is 39.8 Å². The SMILES string of the molecule is CCNC(COC(C)COCC)C(=O)OCC. The van der Waals surface area contributed by atoms with Gasteiger partial charge in [-0.25, -0.2) is 0 Å². The van der Waals surface area contributed by atoms with Crippen LogP contribution in [-0.4, -0.2) is 51.1 Å². The highest BCUT2D eigenvalue weighted by Gasteiger charge is 2.19. The van der Waals surface area contributed by atoms with Gasteiger partial charge in [0.05, 0.1) is 25.9 Å². The highest BCUT2D eigenvalue weighted by atomic mass is 16.5. The zero-order valence-electron chi connectivity index (χ0n) is 11.3. The minimum atomic E-state index is -0.399. The molecule has 102 valence electrons. The lowest BCUT2D eigenvalue weighted by Gasteiger charge is -2.19. The summed E-state index contributed by atoms with van der Waals surface area (Å²) in [5, 5.41) is 3.04. The maximum atomic E-state index is 11.6. The van der Waals surface area contributed by atoms with Crippen LogP contribution in [0.2, 0.25) is 0 Å². The molecule has 0 aliphatic carbocycles. The van der Waals surface area contributed by atoms with Gasteiger partial charge in [-0.15, -0.1) is 0 Å². The Labute approximate surface area is 104 Å². The molecule has 0 fully saturated rings. The Hall–Kier alpha value is -0.650. The first-order valence-corrected chi connectivity index (χ1v) is 6.24. The van der Waals surface area contributed by atoms with Crippen LogP contribution in [0.4, 0.5) is 0 Å². The first kappa shape index (κ1) is 16.4. The molecular formula is C12H25NO4. The summed E-state index contributed by atoms with van der Waals surface area (Å²) < 4.78 is 15.7. The van der Waals surface area contributed by atoms with Crippen LogP contribution in [0.25, 0.3) is 0 Å². The van der Waals surface area contributed by atoms with Gasteiger partial charge < -0.3 is 19.5 Å². The Morgan fingerprint density at radius 2 is 1.88 bits per heavy atom. The molecule has 5 nitrogen and oxygen atoms in total. The van der Waals surface area contributed by atoms with Crippen LogP contribution < -0.4 is 5.32 Å². The van der Waals surface area contributed by atoms with E-state index in [1.54, 1.807) is 6.92 Å². The number of esters is 1. The molecule has 0 aliphatic rings. The fourth-order valence-electron chi connectivity index (χ4n) is 1.29. The second kappa shape index (κ2) is 10.5. The summed E-state index contributed by atoms with van der Waals surface area (Å²) in [6.07, 6.45) is -0.0227. The Morgan fingerprint density at radius 3 is 2.41 bits per heavy atom. The number of hydrogen-bond acceptors (Lipinski definition) is 5. The first-order chi connectivity index (χ1) is 8.15. The average molecular weight is 247 g/mol. The zero-order valence-corrected chi connectivity index (χ0v) is 11.3. The van der Waals surface area contributed by atoms with Gasteiger partial charge >= 0.3 is 5.97 Å². The summed E-state index contributed by atoms with van der Waals surface area (Å²) in [4.78, 5) is 11.6. The average Bonchev–Trinajstić information content (AvgIpc) is 2.32. The zero-order chi connectivity index (χ0) is 13.1. The van der Waals surface area contributed by atoms with Crippen LogP contribution >= 0.6 is 0 Å². The Balaban J connectivity index is 3.94. The molecule has 17 heavy (non-hydrogen) atoms. The number of carbonyl (C=O) groups is 1. The topological polar surface area (TPSA) is 56.8 Å². The summed E-state index contributed by atoms with van der Waals surface area (Å²) in [5.41, 5.74) is 0. The number of hydrogen-bond donors (Lipinski definition) is 1. The second-order valence-electron chi connectivity index (χ2n) is 3.67. The lowest BCUT2D eigenvalue weighted by Crippen LogP contribution is -2.42. The predicted molar refractivity (Wildman–Crippen MR) is 66.0 cm³/mol. The van der Waals surface area contributed by atoms with E-state index in [2.05, 4.69) is 5.32 Å². The quantitative estimate of drug-likeness (QED) is 0.583. The number of ether oxygens (including phenoxy) is 3. The molecule has 0 aromatic heterocycles. The van der Waals surface area contributed by atoms with Gasteiger partial charge in [0.15, 0.2) is 0 Å². The maximum absolute atomic E-state index is 11.6. The number of nitrogens with one attached hydrogen (secondary N) is 1. The first-order valence-electron chi connectivity index (χ1n) is 6.24. The molecular weight excluding hydrogens is 222 g/mol. The Kier molecular flexibility index (Phi) is 10.1. The Bertz CT molecular complexity index is 199. The molecule has 5 heteroatoms. The fourth-order valence-corrected chi connectivity index (χ4v) is 1.29. The number of carbonyl (C=O) groups excluding carboxylic acids is 1. The van der Waals surface area contributed by atoms with E-state index in [9.17, 15) is 4.79 Å². The highest BCUT2D eigenvalue weighted by molar-refractivity contribution is 5.75. The van der Waals surface area contributed by atoms with E-state index in [1.165, 1.54) is 0 Å². The molecule has 0 aromatic carbocycles. The summed E-state index contributed by atoms with van der Waals surface area (Å²) >= 11 is 0. The lowest BCUT2D eigenvalue weighted by molar-refractivity contribution is -0.148. The molecule has 2 atom stereocenters. The van der Waals surface area contributed by atoms with Gasteiger partial charge in [0.1, 0.15) is 6.04 Å². The molecule has 0 amide bonds. The monoisotopic (exact) mass is 247 g/mol. The van der Waals surface area contributed by atoms with Crippen molar-refractivity contribution in [1.29, 1.82) is 0 Å². The summed E-state index contributed by atoms with van der Waals surface area (Å²) in [5.74, 6) is -0.266. The van der Waals surface area contributed by atoms with E-state index >= 15 is 0 Å². The van der Waals surface area contributed by atoms with E-state index in [-0.39, 0.29) is 12.1 Å². The smallest absolute Gasteiger partial charge is 0.325 e. The molecule has 0 saturated carbocycles. The van der Waals surface area contributed by atoms with Crippen molar-refractivity contribution >= 4 is 5.97 Å². The van der Waals surface area contributed by atoms with Gasteiger partial charge in [-0.2, -0.15) is 0 Å². The van der Waals surface area contributed by atoms with Crippen molar-refractivity contribution in [2.24, 2.45) is 0 Å². The lowest BCUT2D eigenvalue weighted by atomic mass is 10.3. The molecule has 0 spiro atoms. The van der Waals surface area contributed by atoms with E-state index in [1.807, 2.05) is 20.8 Å². The normalized spacial score (nSPS) is 14.4.